The number of alkyl carbamates (subject to hydrolysis) is 1. The minimum Gasteiger partial charge on any atom is -0.466 e. The molecule has 0 aliphatic carbocycles. The second-order valence-corrected chi connectivity index (χ2v) is 39.3. The van der Waals surface area contributed by atoms with E-state index in [4.69, 9.17) is 56.8 Å². The summed E-state index contributed by atoms with van der Waals surface area (Å²) in [6.07, 6.45) is 11.2. The van der Waals surface area contributed by atoms with Crippen LogP contribution in [0.2, 0.25) is 0 Å². The average Bonchev–Trinajstić information content (AvgIpc) is 1.17. The zero-order valence-corrected chi connectivity index (χ0v) is 85.2. The molecule has 4 rings (SSSR count). The number of amides is 4. The zero-order valence-electron chi connectivity index (χ0n) is 80.7. The van der Waals surface area contributed by atoms with Crippen LogP contribution < -0.4 is 16.0 Å². The van der Waals surface area contributed by atoms with Gasteiger partial charge >= 0.3 is 18.0 Å². The summed E-state index contributed by atoms with van der Waals surface area (Å²) in [4.78, 5) is 116. The number of carbonyl (C=O) groups is 9. The van der Waals surface area contributed by atoms with Gasteiger partial charge in [-0.3, -0.25) is 38.4 Å². The number of aliphatic hydroxyl groups excluding tert-OH is 10. The Kier molecular flexibility index (Phi) is 71.4. The quantitative estimate of drug-likeness (QED) is 0.0117. The summed E-state index contributed by atoms with van der Waals surface area (Å²) in [5.74, 6) is -0.818. The molecule has 35 nitrogen and oxygen atoms in total. The van der Waals surface area contributed by atoms with Crippen LogP contribution in [-0.4, -0.2) is 332 Å². The summed E-state index contributed by atoms with van der Waals surface area (Å²) in [6.45, 7) is 14.1. The van der Waals surface area contributed by atoms with Crippen molar-refractivity contribution in [2.75, 3.05) is 132 Å². The Morgan fingerprint density at radius 2 is 0.818 bits per heavy atom. The number of ketones is 3. The number of Topliss-reactive ketones (excluding diaryl/α,β-unsaturated/α-hetero) is 3. The van der Waals surface area contributed by atoms with Crippen molar-refractivity contribution in [2.24, 2.45) is 23.2 Å². The van der Waals surface area contributed by atoms with E-state index < -0.39 is 123 Å². The number of ether oxygens (including phenoxy) is 12. The molecule has 0 bridgehead atoms. The maximum atomic E-state index is 13.8. The Bertz CT molecular complexity index is 2850. The van der Waals surface area contributed by atoms with E-state index in [2.05, 4.69) is 36.7 Å². The van der Waals surface area contributed by atoms with E-state index in [0.717, 1.165) is 108 Å². The maximum absolute atomic E-state index is 13.8. The molecule has 4 heterocycles. The molecule has 4 aliphatic rings. The molecular formula is C94H170N4O31S2Y. The van der Waals surface area contributed by atoms with E-state index in [1.807, 2.05) is 21.6 Å². The van der Waals surface area contributed by atoms with Crippen molar-refractivity contribution in [3.63, 3.8) is 0 Å². The van der Waals surface area contributed by atoms with E-state index in [1.54, 1.807) is 39.9 Å². The van der Waals surface area contributed by atoms with Crippen molar-refractivity contribution in [2.45, 2.75) is 389 Å². The molecule has 0 spiro atoms. The van der Waals surface area contributed by atoms with Gasteiger partial charge in [0.05, 0.1) is 116 Å². The second-order valence-electron chi connectivity index (χ2n) is 36.2. The van der Waals surface area contributed by atoms with Gasteiger partial charge in [-0.05, 0) is 148 Å². The number of nitrogens with one attached hydrogen (secondary N) is 3. The second kappa shape index (κ2) is 75.5. The van der Waals surface area contributed by atoms with Gasteiger partial charge in [0.1, 0.15) is 54.0 Å². The molecule has 13 N–H and O–H groups in total. The number of hydrogen-bond acceptors (Lipinski definition) is 33. The van der Waals surface area contributed by atoms with Crippen LogP contribution in [0.25, 0.3) is 0 Å². The zero-order chi connectivity index (χ0) is 96.6. The minimum atomic E-state index is -1.21. The smallest absolute Gasteiger partial charge is 0.407 e. The molecule has 767 valence electrons. The van der Waals surface area contributed by atoms with Gasteiger partial charge in [0, 0.05) is 172 Å². The fourth-order valence-corrected chi connectivity index (χ4v) is 18.9. The van der Waals surface area contributed by atoms with Gasteiger partial charge < -0.3 is 129 Å². The van der Waals surface area contributed by atoms with Crippen LogP contribution in [0.5, 0.6) is 0 Å². The minimum absolute atomic E-state index is 0. The van der Waals surface area contributed by atoms with Gasteiger partial charge in [-0.25, -0.2) is 4.79 Å². The van der Waals surface area contributed by atoms with E-state index in [-0.39, 0.29) is 182 Å². The van der Waals surface area contributed by atoms with Crippen LogP contribution in [0.1, 0.15) is 298 Å². The molecule has 15 unspecified atom stereocenters. The first-order chi connectivity index (χ1) is 62.9. The Morgan fingerprint density at radius 3 is 1.26 bits per heavy atom. The van der Waals surface area contributed by atoms with E-state index in [1.165, 1.54) is 6.42 Å². The van der Waals surface area contributed by atoms with Gasteiger partial charge in [0.25, 0.3) is 0 Å². The summed E-state index contributed by atoms with van der Waals surface area (Å²) >= 11 is 0. The number of rotatable bonds is 76. The van der Waals surface area contributed by atoms with Crippen molar-refractivity contribution < 1.29 is 184 Å². The van der Waals surface area contributed by atoms with Crippen molar-refractivity contribution in [1.29, 1.82) is 0 Å². The van der Waals surface area contributed by atoms with Crippen LogP contribution in [0.15, 0.2) is 0 Å². The van der Waals surface area contributed by atoms with E-state index >= 15 is 0 Å². The first-order valence-corrected chi connectivity index (χ1v) is 51.1. The monoisotopic (exact) mass is 2000 g/mol. The first kappa shape index (κ1) is 125. The number of likely N-dealkylation sites (tertiary alicyclic amines) is 1. The summed E-state index contributed by atoms with van der Waals surface area (Å²) in [5.41, 5.74) is -0.619. The van der Waals surface area contributed by atoms with Gasteiger partial charge in [0.2, 0.25) is 17.7 Å². The fourth-order valence-electron chi connectivity index (χ4n) is 16.1. The average molecular weight is 2010 g/mol. The number of nitrogens with zero attached hydrogens (tertiary/aromatic N) is 1. The number of aliphatic hydroxyl groups is 10. The van der Waals surface area contributed by atoms with Crippen molar-refractivity contribution >= 4 is 74.7 Å². The SMILES string of the molecule is CCCSSC(C)(C)CCC(=O)CCCCC(=O)N1C[C@@H](OC)C[C@@H]1CO.COCCOCCC(=O)CC(CCCOC(=O)CCCCCCCNC(=O)CCCOC1OC(CO)C(O)C(O)C1C)(CCCOC(=O)CCCCCCCNC(=O)CCCOC1OC(CO)C(O)C(O)C1C)CCCOC(=O)NCCCCCCCC(=O)CCCOC1OC(CO)C(O)C(O)C1C.[Y]. The van der Waals surface area contributed by atoms with Crippen molar-refractivity contribution in [3.05, 3.63) is 0 Å². The summed E-state index contributed by atoms with van der Waals surface area (Å²) in [5, 5.41) is 107. The molecule has 0 aromatic rings. The van der Waals surface area contributed by atoms with Crippen LogP contribution in [-0.2, 0) is 128 Å². The third-order valence-corrected chi connectivity index (χ3v) is 28.1. The van der Waals surface area contributed by atoms with Crippen LogP contribution in [0.3, 0.4) is 0 Å². The molecule has 0 aromatic heterocycles. The van der Waals surface area contributed by atoms with Gasteiger partial charge in [-0.2, -0.15) is 0 Å². The number of esters is 2. The van der Waals surface area contributed by atoms with Gasteiger partial charge in [-0.15, -0.1) is 0 Å². The molecule has 132 heavy (non-hydrogen) atoms. The first-order valence-electron chi connectivity index (χ1n) is 48.8. The molecule has 4 amide bonds. The molecule has 17 atom stereocenters. The Hall–Kier alpha value is -3.33. The van der Waals surface area contributed by atoms with E-state index in [9.17, 15) is 94.2 Å². The normalized spacial score (nSPS) is 24.1. The Morgan fingerprint density at radius 1 is 0.417 bits per heavy atom. The maximum Gasteiger partial charge on any atom is 0.407 e. The fraction of sp³-hybridized carbons (Fsp3) is 0.904. The molecule has 4 aliphatic heterocycles. The largest absolute Gasteiger partial charge is 0.466 e. The third-order valence-electron chi connectivity index (χ3n) is 24.5. The van der Waals surface area contributed by atoms with Crippen LogP contribution in [0, 0.1) is 23.2 Å². The Labute approximate surface area is 818 Å². The predicted molar refractivity (Wildman–Crippen MR) is 494 cm³/mol. The van der Waals surface area contributed by atoms with Crippen LogP contribution >= 0.6 is 21.6 Å². The molecule has 38 heteroatoms. The van der Waals surface area contributed by atoms with Crippen molar-refractivity contribution in [3.8, 4) is 0 Å². The standard InChI is InChI=1S/C74H133N3O27.C20H37NO4S2.Y/c1-52-64(87)67(90)57(49-78)102-70(52)98-39-20-27-55(81)26-14-8-5-13-19-38-77-73(93)101-44-25-35-74(48-56(82)32-45-95-47-46-94-4,33-23-42-96-62(85)30-15-9-6-11-17-36-75-60(83)28-21-40-99-71-53(2)65(88)68(91)58(50-79)103-71)34-24-43-97-63(86)31-16-10-7-12-18-37-76-61(84)29-22-41-100-72-54(3)66(89)69(92)59(51-80)104-72;1-5-12-26-27-20(2,3)11-10-17(23)8-6-7-9-19(24)21-14-18(25-4)13-16(21)15-22;/h52-54,57-59,64-72,78-80,87-92H,5-51H2,1-4H3,(H,75,83)(H,76,84)(H,77,93);16,18,22H,5-15H2,1-4H3;/t;16-,18+;/m.1./s1. The molecule has 0 saturated carbocycles. The molecule has 1 radical (unpaired) electrons. The summed E-state index contributed by atoms with van der Waals surface area (Å²) < 4.78 is 67.1. The Balaban J connectivity index is 0.00000179. The molecule has 4 saturated heterocycles. The van der Waals surface area contributed by atoms with Crippen LogP contribution in [0.4, 0.5) is 4.79 Å². The number of hydrogen-bond donors (Lipinski definition) is 13. The van der Waals surface area contributed by atoms with Crippen molar-refractivity contribution in [1.82, 2.24) is 20.9 Å². The number of methoxy groups -OCH3 is 2. The molecule has 4 fully saturated rings. The van der Waals surface area contributed by atoms with Gasteiger partial charge in [0.15, 0.2) is 18.9 Å². The summed E-state index contributed by atoms with van der Waals surface area (Å²) in [6, 6.07) is -0.130. The van der Waals surface area contributed by atoms with E-state index in [0.29, 0.717) is 154 Å². The topological polar surface area (TPSA) is 506 Å². The third kappa shape index (κ3) is 54.5. The van der Waals surface area contributed by atoms with Gasteiger partial charge in [-0.1, -0.05) is 107 Å². The molecule has 0 aromatic carbocycles. The number of carbonyl (C=O) groups excluding carboxylic acids is 9. The summed E-state index contributed by atoms with van der Waals surface area (Å²) in [7, 11) is 6.97. The predicted octanol–water partition coefficient (Wildman–Crippen LogP) is 8.65. The number of unbranched alkanes of at least 4 members (excludes halogenated alkanes) is 13. The molecular weight excluding hydrogens is 1830 g/mol.